The maximum absolute atomic E-state index is 5.27. The van der Waals surface area contributed by atoms with Crippen molar-refractivity contribution in [1.82, 2.24) is 19.5 Å². The minimum atomic E-state index is 0.862. The van der Waals surface area contributed by atoms with Gasteiger partial charge in [-0.3, -0.25) is 9.55 Å². The Labute approximate surface area is 222 Å². The molecular weight excluding hydrogens is 484 g/mol. The van der Waals surface area contributed by atoms with E-state index >= 15 is 0 Å². The molecule has 0 N–H and O–H groups in total. The van der Waals surface area contributed by atoms with Gasteiger partial charge >= 0.3 is 0 Å². The molecule has 0 aliphatic rings. The van der Waals surface area contributed by atoms with E-state index < -0.39 is 0 Å². The molecule has 5 heteroatoms. The van der Waals surface area contributed by atoms with E-state index in [-0.39, 0.29) is 0 Å². The summed E-state index contributed by atoms with van der Waals surface area (Å²) < 4.78 is 4.79. The van der Waals surface area contributed by atoms with Gasteiger partial charge in [0.05, 0.1) is 27.9 Å². The van der Waals surface area contributed by atoms with Crippen molar-refractivity contribution in [3.8, 4) is 28.3 Å². The Bertz CT molecular complexity index is 2130. The van der Waals surface area contributed by atoms with Crippen molar-refractivity contribution in [3.63, 3.8) is 0 Å². The summed E-state index contributed by atoms with van der Waals surface area (Å²) in [4.78, 5) is 14.6. The zero-order valence-electron chi connectivity index (χ0n) is 20.2. The molecule has 3 aromatic carbocycles. The fourth-order valence-electron chi connectivity index (χ4n) is 5.38. The van der Waals surface area contributed by atoms with Gasteiger partial charge in [-0.15, -0.1) is 11.3 Å². The molecule has 0 fully saturated rings. The van der Waals surface area contributed by atoms with Crippen LogP contribution in [0.5, 0.6) is 0 Å². The summed E-state index contributed by atoms with van der Waals surface area (Å²) in [7, 11) is 0. The third-order valence-electron chi connectivity index (χ3n) is 7.11. The van der Waals surface area contributed by atoms with Crippen LogP contribution in [0.1, 0.15) is 0 Å². The molecule has 178 valence electrons. The van der Waals surface area contributed by atoms with Crippen molar-refractivity contribution in [3.05, 3.63) is 122 Å². The van der Waals surface area contributed by atoms with Crippen LogP contribution in [0, 0.1) is 0 Å². The van der Waals surface area contributed by atoms with E-state index in [1.54, 1.807) is 6.20 Å². The van der Waals surface area contributed by atoms with Crippen LogP contribution in [0.4, 0.5) is 0 Å². The highest BCUT2D eigenvalue weighted by Gasteiger charge is 2.20. The van der Waals surface area contributed by atoms with Crippen LogP contribution in [0.2, 0.25) is 0 Å². The fraction of sp³-hybridized carbons (Fsp3) is 0. The number of fused-ring (bicyclic) bond motifs is 7. The Hall–Kier alpha value is -4.87. The molecule has 5 aromatic heterocycles. The lowest BCUT2D eigenvalue weighted by Gasteiger charge is -2.09. The molecule has 4 nitrogen and oxygen atoms in total. The Morgan fingerprint density at radius 1 is 0.579 bits per heavy atom. The number of pyridine rings is 3. The Morgan fingerprint density at radius 3 is 2.29 bits per heavy atom. The van der Waals surface area contributed by atoms with Crippen molar-refractivity contribution in [1.29, 1.82) is 0 Å². The first-order valence-electron chi connectivity index (χ1n) is 12.5. The van der Waals surface area contributed by atoms with E-state index in [9.17, 15) is 0 Å². The largest absolute Gasteiger partial charge is 0.292 e. The molecule has 38 heavy (non-hydrogen) atoms. The summed E-state index contributed by atoms with van der Waals surface area (Å²) >= 11 is 1.83. The number of rotatable bonds is 3. The fourth-order valence-corrected chi connectivity index (χ4v) is 6.62. The van der Waals surface area contributed by atoms with Crippen LogP contribution in [0.15, 0.2) is 122 Å². The third-order valence-corrected chi connectivity index (χ3v) is 8.31. The van der Waals surface area contributed by atoms with Crippen LogP contribution in [0.25, 0.3) is 70.4 Å². The smallest absolute Gasteiger partial charge is 0.138 e. The average molecular weight is 505 g/mol. The molecule has 0 aliphatic heterocycles. The van der Waals surface area contributed by atoms with Gasteiger partial charge in [-0.1, -0.05) is 60.7 Å². The molecule has 0 atom stereocenters. The van der Waals surface area contributed by atoms with Crippen molar-refractivity contribution >= 4 is 53.4 Å². The second-order valence-electron chi connectivity index (χ2n) is 9.32. The molecule has 0 unspecified atom stereocenters. The van der Waals surface area contributed by atoms with Gasteiger partial charge in [0.15, 0.2) is 0 Å². The molecule has 8 aromatic rings. The van der Waals surface area contributed by atoms with Gasteiger partial charge in [-0.25, -0.2) is 9.97 Å². The molecule has 0 aliphatic carbocycles. The van der Waals surface area contributed by atoms with Crippen LogP contribution >= 0.6 is 11.3 Å². The van der Waals surface area contributed by atoms with Gasteiger partial charge in [0.25, 0.3) is 0 Å². The van der Waals surface area contributed by atoms with Crippen LogP contribution in [-0.4, -0.2) is 19.5 Å². The third kappa shape index (κ3) is 3.19. The first-order valence-corrected chi connectivity index (χ1v) is 13.4. The summed E-state index contributed by atoms with van der Waals surface area (Å²) in [5, 5.41) is 3.72. The Morgan fingerprint density at radius 2 is 1.39 bits per heavy atom. The molecule has 0 radical (unpaired) electrons. The number of nitrogens with zero attached hydrogens (tertiary/aromatic N) is 4. The van der Waals surface area contributed by atoms with E-state index in [0.717, 1.165) is 44.9 Å². The molecule has 0 amide bonds. The summed E-state index contributed by atoms with van der Waals surface area (Å²) in [5.41, 5.74) is 7.09. The zero-order valence-corrected chi connectivity index (χ0v) is 21.1. The lowest BCUT2D eigenvalue weighted by atomic mass is 10.1. The molecule has 0 saturated carbocycles. The quantitative estimate of drug-likeness (QED) is 0.242. The van der Waals surface area contributed by atoms with Gasteiger partial charge in [0.2, 0.25) is 0 Å². The highest BCUT2D eigenvalue weighted by atomic mass is 32.1. The minimum absolute atomic E-state index is 0.862. The summed E-state index contributed by atoms with van der Waals surface area (Å²) in [6.07, 6.45) is 3.64. The molecule has 8 rings (SSSR count). The first-order chi connectivity index (χ1) is 18.8. The molecule has 0 saturated heterocycles. The lowest BCUT2D eigenvalue weighted by molar-refractivity contribution is 1.08. The Kier molecular flexibility index (Phi) is 4.66. The standard InChI is InChI=1S/C33H20N4S/c1-2-8-21(9-3-1)26-16-18-28-32(36-26)31-27(17-15-24-23-11-4-5-13-29(23)38-33(24)31)37(28)30-14-6-12-25(35-30)22-10-7-19-34-20-22/h1-20H. The SMILES string of the molecule is c1ccc(-c2ccc3c(n2)c2c4sc5ccccc5c4ccc2n3-c2cccc(-c3cccnc3)n2)cc1. The monoisotopic (exact) mass is 504 g/mol. The number of hydrogen-bond acceptors (Lipinski definition) is 4. The van der Waals surface area contributed by atoms with Gasteiger partial charge in [0.1, 0.15) is 5.82 Å². The van der Waals surface area contributed by atoms with Gasteiger partial charge in [-0.05, 0) is 48.5 Å². The molecule has 5 heterocycles. The van der Waals surface area contributed by atoms with E-state index in [2.05, 4.69) is 94.5 Å². The van der Waals surface area contributed by atoms with E-state index in [4.69, 9.17) is 9.97 Å². The second-order valence-corrected chi connectivity index (χ2v) is 10.4. The summed E-state index contributed by atoms with van der Waals surface area (Å²) in [6.45, 7) is 0. The maximum atomic E-state index is 5.27. The van der Waals surface area contributed by atoms with Gasteiger partial charge in [-0.2, -0.15) is 0 Å². The second kappa shape index (κ2) is 8.33. The van der Waals surface area contributed by atoms with Crippen molar-refractivity contribution in [2.75, 3.05) is 0 Å². The van der Waals surface area contributed by atoms with Gasteiger partial charge in [0, 0.05) is 49.1 Å². The van der Waals surface area contributed by atoms with Gasteiger partial charge < -0.3 is 0 Å². The number of benzene rings is 3. The van der Waals surface area contributed by atoms with Crippen molar-refractivity contribution in [2.45, 2.75) is 0 Å². The predicted octanol–water partition coefficient (Wildman–Crippen LogP) is 8.67. The molecule has 0 spiro atoms. The van der Waals surface area contributed by atoms with Crippen LogP contribution < -0.4 is 0 Å². The van der Waals surface area contributed by atoms with Crippen LogP contribution in [-0.2, 0) is 0 Å². The summed E-state index contributed by atoms with van der Waals surface area (Å²) in [5.74, 6) is 0.862. The topological polar surface area (TPSA) is 43.6 Å². The highest BCUT2D eigenvalue weighted by molar-refractivity contribution is 7.26. The first kappa shape index (κ1) is 21.2. The number of hydrogen-bond donors (Lipinski definition) is 0. The van der Waals surface area contributed by atoms with E-state index in [0.29, 0.717) is 0 Å². The molecule has 0 bridgehead atoms. The van der Waals surface area contributed by atoms with E-state index in [1.165, 1.54) is 25.6 Å². The van der Waals surface area contributed by atoms with Crippen LogP contribution in [0.3, 0.4) is 0 Å². The molecular formula is C33H20N4S. The normalized spacial score (nSPS) is 11.7. The van der Waals surface area contributed by atoms with Crippen molar-refractivity contribution < 1.29 is 0 Å². The number of thiophene rings is 1. The Balaban J connectivity index is 1.48. The minimum Gasteiger partial charge on any atom is -0.292 e. The lowest BCUT2D eigenvalue weighted by Crippen LogP contribution is -1.98. The zero-order chi connectivity index (χ0) is 25.1. The number of aromatic nitrogens is 4. The summed E-state index contributed by atoms with van der Waals surface area (Å²) in [6, 6.07) is 37.9. The average Bonchev–Trinajstić information content (AvgIpc) is 3.53. The maximum Gasteiger partial charge on any atom is 0.138 e. The van der Waals surface area contributed by atoms with Crippen molar-refractivity contribution in [2.24, 2.45) is 0 Å². The van der Waals surface area contributed by atoms with E-state index in [1.807, 2.05) is 41.8 Å². The predicted molar refractivity (Wildman–Crippen MR) is 158 cm³/mol. The highest BCUT2D eigenvalue weighted by Crippen LogP contribution is 2.43.